The van der Waals surface area contributed by atoms with Crippen molar-refractivity contribution in [3.8, 4) is 0 Å². The molecular weight excluding hydrogens is 418 g/mol. The van der Waals surface area contributed by atoms with Crippen LogP contribution in [0.5, 0.6) is 0 Å². The van der Waals surface area contributed by atoms with Crippen molar-refractivity contribution in [2.45, 2.75) is 64.1 Å². The third-order valence-electron chi connectivity index (χ3n) is 5.13. The Hall–Kier alpha value is -2.99. The minimum atomic E-state index is -1.22. The van der Waals surface area contributed by atoms with Gasteiger partial charge < -0.3 is 37.5 Å². The molecule has 0 aliphatic heterocycles. The topological polar surface area (TPSA) is 205 Å². The molecule has 0 aliphatic rings. The van der Waals surface area contributed by atoms with Crippen LogP contribution < -0.4 is 27.4 Å². The van der Waals surface area contributed by atoms with Crippen molar-refractivity contribution in [2.24, 2.45) is 17.4 Å². The Morgan fingerprint density at radius 2 is 1.91 bits per heavy atom. The number of carboxylic acid groups (broad SMARTS) is 1. The lowest BCUT2D eigenvalue weighted by Crippen LogP contribution is -2.55. The number of carbonyl (C=O) groups is 4. The molecule has 0 aliphatic carbocycles. The Morgan fingerprint density at radius 3 is 2.47 bits per heavy atom. The van der Waals surface area contributed by atoms with Gasteiger partial charge >= 0.3 is 5.97 Å². The van der Waals surface area contributed by atoms with Gasteiger partial charge in [0.15, 0.2) is 0 Å². The van der Waals surface area contributed by atoms with Gasteiger partial charge in [0.05, 0.1) is 18.9 Å². The van der Waals surface area contributed by atoms with E-state index in [4.69, 9.17) is 11.5 Å². The molecule has 4 atom stereocenters. The molecule has 1 aromatic rings. The monoisotopic (exact) mass is 453 g/mol. The largest absolute Gasteiger partial charge is 0.480 e. The molecule has 1 aromatic heterocycles. The molecule has 32 heavy (non-hydrogen) atoms. The zero-order valence-electron chi connectivity index (χ0n) is 18.6. The van der Waals surface area contributed by atoms with E-state index in [1.165, 1.54) is 12.5 Å². The standard InChI is InChI=1S/C20H35N7O5/c1-3-12(2)17(27-18(29)14(22)6-4-5-7-21)19(30)24-10-16(28)26-15(20(31)32)8-13-9-23-11-25-13/h9,11-12,14-15,17H,3-8,10,21-22H2,1-2H3,(H,23,25)(H,24,30)(H,26,28)(H,27,29)(H,31,32). The predicted octanol–water partition coefficient (Wildman–Crippen LogP) is -1.37. The number of rotatable bonds is 15. The lowest BCUT2D eigenvalue weighted by atomic mass is 9.97. The average molecular weight is 454 g/mol. The Labute approximate surface area is 187 Å². The zero-order chi connectivity index (χ0) is 24.1. The first kappa shape index (κ1) is 27.0. The number of hydrogen-bond acceptors (Lipinski definition) is 7. The summed E-state index contributed by atoms with van der Waals surface area (Å²) in [4.78, 5) is 55.2. The van der Waals surface area contributed by atoms with Crippen molar-refractivity contribution in [1.29, 1.82) is 0 Å². The van der Waals surface area contributed by atoms with Crippen molar-refractivity contribution in [3.05, 3.63) is 18.2 Å². The minimum Gasteiger partial charge on any atom is -0.480 e. The van der Waals surface area contributed by atoms with Crippen molar-refractivity contribution in [3.63, 3.8) is 0 Å². The van der Waals surface area contributed by atoms with E-state index in [9.17, 15) is 24.3 Å². The van der Waals surface area contributed by atoms with Crippen LogP contribution in [0.25, 0.3) is 0 Å². The molecule has 12 heteroatoms. The normalized spacial score (nSPS) is 14.6. The van der Waals surface area contributed by atoms with Crippen LogP contribution in [0.15, 0.2) is 12.5 Å². The maximum atomic E-state index is 12.6. The molecule has 180 valence electrons. The maximum absolute atomic E-state index is 12.6. The highest BCUT2D eigenvalue weighted by Gasteiger charge is 2.28. The second kappa shape index (κ2) is 14.1. The average Bonchev–Trinajstić information content (AvgIpc) is 3.27. The first-order valence-corrected chi connectivity index (χ1v) is 10.7. The number of carbonyl (C=O) groups excluding carboxylic acids is 3. The fourth-order valence-electron chi connectivity index (χ4n) is 2.94. The van der Waals surface area contributed by atoms with Gasteiger partial charge in [0, 0.05) is 18.3 Å². The van der Waals surface area contributed by atoms with Crippen LogP contribution in [0.1, 0.15) is 45.2 Å². The lowest BCUT2D eigenvalue weighted by Gasteiger charge is -2.25. The van der Waals surface area contributed by atoms with Gasteiger partial charge in [0.25, 0.3) is 0 Å². The van der Waals surface area contributed by atoms with Gasteiger partial charge in [0.1, 0.15) is 12.1 Å². The van der Waals surface area contributed by atoms with Crippen LogP contribution in [-0.4, -0.2) is 70.0 Å². The van der Waals surface area contributed by atoms with Gasteiger partial charge in [-0.3, -0.25) is 14.4 Å². The van der Waals surface area contributed by atoms with E-state index in [1.54, 1.807) is 6.92 Å². The van der Waals surface area contributed by atoms with E-state index < -0.39 is 48.4 Å². The molecule has 0 radical (unpaired) electrons. The lowest BCUT2D eigenvalue weighted by molar-refractivity contribution is -0.141. The Kier molecular flexibility index (Phi) is 12.0. The second-order valence-electron chi connectivity index (χ2n) is 7.72. The highest BCUT2D eigenvalue weighted by molar-refractivity contribution is 5.92. The van der Waals surface area contributed by atoms with E-state index in [1.807, 2.05) is 6.92 Å². The molecule has 1 rings (SSSR count). The van der Waals surface area contributed by atoms with Gasteiger partial charge in [0.2, 0.25) is 17.7 Å². The minimum absolute atomic E-state index is 0.0165. The highest BCUT2D eigenvalue weighted by Crippen LogP contribution is 2.09. The van der Waals surface area contributed by atoms with Gasteiger partial charge in [-0.1, -0.05) is 26.7 Å². The molecule has 3 amide bonds. The Bertz CT molecular complexity index is 741. The molecule has 0 spiro atoms. The SMILES string of the molecule is CCC(C)C(NC(=O)C(N)CCCCN)C(=O)NCC(=O)NC(Cc1cnc[nH]1)C(=O)O. The third-order valence-corrected chi connectivity index (χ3v) is 5.13. The number of aliphatic carboxylic acids is 1. The quantitative estimate of drug-likeness (QED) is 0.157. The summed E-state index contributed by atoms with van der Waals surface area (Å²) < 4.78 is 0. The summed E-state index contributed by atoms with van der Waals surface area (Å²) in [5.41, 5.74) is 11.9. The summed E-state index contributed by atoms with van der Waals surface area (Å²) in [5, 5.41) is 16.8. The number of H-pyrrole nitrogens is 1. The Balaban J connectivity index is 2.62. The van der Waals surface area contributed by atoms with Crippen LogP contribution in [0.3, 0.4) is 0 Å². The molecular formula is C20H35N7O5. The van der Waals surface area contributed by atoms with Crippen LogP contribution >= 0.6 is 0 Å². The fraction of sp³-hybridized carbons (Fsp3) is 0.650. The molecule has 1 heterocycles. The summed E-state index contributed by atoms with van der Waals surface area (Å²) in [6.07, 6.45) is 5.40. The fourth-order valence-corrected chi connectivity index (χ4v) is 2.94. The van der Waals surface area contributed by atoms with E-state index in [0.717, 1.165) is 6.42 Å². The molecule has 4 unspecified atom stereocenters. The van der Waals surface area contributed by atoms with E-state index in [2.05, 4.69) is 25.9 Å². The molecule has 0 saturated carbocycles. The second-order valence-corrected chi connectivity index (χ2v) is 7.72. The smallest absolute Gasteiger partial charge is 0.326 e. The van der Waals surface area contributed by atoms with Gasteiger partial charge in [-0.05, 0) is 25.3 Å². The number of hydrogen-bond donors (Lipinski definition) is 7. The van der Waals surface area contributed by atoms with Crippen molar-refractivity contribution >= 4 is 23.7 Å². The number of carboxylic acids is 1. The number of unbranched alkanes of at least 4 members (excludes halogenated alkanes) is 1. The van der Waals surface area contributed by atoms with Gasteiger partial charge in [-0.15, -0.1) is 0 Å². The molecule has 0 bridgehead atoms. The van der Waals surface area contributed by atoms with Crippen LogP contribution in [0.4, 0.5) is 0 Å². The van der Waals surface area contributed by atoms with Crippen LogP contribution in [0, 0.1) is 5.92 Å². The van der Waals surface area contributed by atoms with E-state index in [-0.39, 0.29) is 12.3 Å². The molecule has 0 aromatic carbocycles. The van der Waals surface area contributed by atoms with Crippen LogP contribution in [-0.2, 0) is 25.6 Å². The van der Waals surface area contributed by atoms with Gasteiger partial charge in [-0.25, -0.2) is 9.78 Å². The number of amides is 3. The van der Waals surface area contributed by atoms with Crippen molar-refractivity contribution in [2.75, 3.05) is 13.1 Å². The summed E-state index contributed by atoms with van der Waals surface area (Å²) in [6.45, 7) is 3.75. The van der Waals surface area contributed by atoms with Crippen molar-refractivity contribution in [1.82, 2.24) is 25.9 Å². The Morgan fingerprint density at radius 1 is 1.19 bits per heavy atom. The summed E-state index contributed by atoms with van der Waals surface area (Å²) in [5.74, 6) is -3.08. The maximum Gasteiger partial charge on any atom is 0.326 e. The molecule has 0 saturated heterocycles. The van der Waals surface area contributed by atoms with E-state index >= 15 is 0 Å². The first-order valence-electron chi connectivity index (χ1n) is 10.7. The number of nitrogens with one attached hydrogen (secondary N) is 4. The predicted molar refractivity (Wildman–Crippen MR) is 117 cm³/mol. The summed E-state index contributed by atoms with van der Waals surface area (Å²) >= 11 is 0. The number of aromatic amines is 1. The number of imidazole rings is 1. The summed E-state index contributed by atoms with van der Waals surface area (Å²) in [6, 6.07) is -2.82. The number of aromatic nitrogens is 2. The van der Waals surface area contributed by atoms with Crippen molar-refractivity contribution < 1.29 is 24.3 Å². The number of nitrogens with zero attached hydrogens (tertiary/aromatic N) is 1. The first-order chi connectivity index (χ1) is 15.2. The molecule has 12 nitrogen and oxygen atoms in total. The van der Waals surface area contributed by atoms with E-state index in [0.29, 0.717) is 31.5 Å². The number of nitrogens with two attached hydrogens (primary N) is 2. The third kappa shape index (κ3) is 9.43. The zero-order valence-corrected chi connectivity index (χ0v) is 18.6. The summed E-state index contributed by atoms with van der Waals surface area (Å²) in [7, 11) is 0. The molecule has 9 N–H and O–H groups in total. The molecule has 0 fully saturated rings. The van der Waals surface area contributed by atoms with Crippen LogP contribution in [0.2, 0.25) is 0 Å². The highest BCUT2D eigenvalue weighted by atomic mass is 16.4. The van der Waals surface area contributed by atoms with Gasteiger partial charge in [-0.2, -0.15) is 0 Å².